The predicted octanol–water partition coefficient (Wildman–Crippen LogP) is 6.18. The van der Waals surface area contributed by atoms with E-state index < -0.39 is 0 Å². The van der Waals surface area contributed by atoms with E-state index in [1.165, 1.54) is 17.7 Å². The molecule has 2 unspecified atom stereocenters. The lowest BCUT2D eigenvalue weighted by atomic mass is 9.68. The topological polar surface area (TPSA) is 27.6 Å². The van der Waals surface area contributed by atoms with Crippen molar-refractivity contribution < 1.29 is 0 Å². The lowest BCUT2D eigenvalue weighted by Gasteiger charge is -2.47. The average Bonchev–Trinajstić information content (AvgIpc) is 3.21. The van der Waals surface area contributed by atoms with Crippen LogP contribution in [0.2, 0.25) is 0 Å². The first kappa shape index (κ1) is 22.9. The van der Waals surface area contributed by atoms with Crippen molar-refractivity contribution in [1.29, 1.82) is 0 Å². The summed E-state index contributed by atoms with van der Waals surface area (Å²) in [4.78, 5) is 7.87. The second kappa shape index (κ2) is 8.74. The number of aliphatic imine (C=N–C) groups is 1. The third kappa shape index (κ3) is 4.20. The van der Waals surface area contributed by atoms with Gasteiger partial charge in [0.15, 0.2) is 7.98 Å². The third-order valence-electron chi connectivity index (χ3n) is 8.19. The summed E-state index contributed by atoms with van der Waals surface area (Å²) in [5.74, 6) is 0.467. The maximum atomic E-state index is 5.32. The third-order valence-corrected chi connectivity index (χ3v) is 8.19. The van der Waals surface area contributed by atoms with E-state index >= 15 is 0 Å². The summed E-state index contributed by atoms with van der Waals surface area (Å²) in [7, 11) is 2.28. The van der Waals surface area contributed by atoms with Crippen LogP contribution in [0.15, 0.2) is 83.9 Å². The van der Waals surface area contributed by atoms with Crippen LogP contribution in [0.25, 0.3) is 0 Å². The first-order chi connectivity index (χ1) is 16.3. The molecule has 0 aromatic heterocycles. The number of nitrogens with zero attached hydrogens (tertiary/aromatic N) is 2. The molecule has 5 rings (SSSR count). The zero-order valence-corrected chi connectivity index (χ0v) is 21.2. The van der Waals surface area contributed by atoms with Gasteiger partial charge < -0.3 is 10.1 Å². The van der Waals surface area contributed by atoms with E-state index in [1.807, 2.05) is 0 Å². The molecule has 174 valence electrons. The molecule has 2 aliphatic rings. The molecule has 2 heterocycles. The molecular weight excluding hydrogens is 413 g/mol. The Morgan fingerprint density at radius 1 is 0.882 bits per heavy atom. The number of nitrogens with one attached hydrogen (secondary N) is 1. The molecule has 0 spiro atoms. The Kier molecular flexibility index (Phi) is 5.89. The second-order valence-electron chi connectivity index (χ2n) is 11.3. The number of hydrogen-bond donors (Lipinski definition) is 1. The minimum Gasteiger partial charge on any atom is -0.379 e. The Bertz CT molecular complexity index is 1140. The fourth-order valence-corrected chi connectivity index (χ4v) is 5.74. The van der Waals surface area contributed by atoms with Crippen LogP contribution in [0.5, 0.6) is 0 Å². The Morgan fingerprint density at radius 3 is 2.12 bits per heavy atom. The van der Waals surface area contributed by atoms with Crippen LogP contribution in [0, 0.1) is 5.41 Å². The highest BCUT2D eigenvalue weighted by atomic mass is 15.1. The molecular formula is C30H36BN3. The summed E-state index contributed by atoms with van der Waals surface area (Å²) in [6.07, 6.45) is 2.31. The average molecular weight is 449 g/mol. The van der Waals surface area contributed by atoms with Gasteiger partial charge in [-0.1, -0.05) is 86.6 Å². The summed E-state index contributed by atoms with van der Waals surface area (Å²) in [6.45, 7) is 10.8. The number of para-hydroxylation sites is 1. The highest BCUT2D eigenvalue weighted by molar-refractivity contribution is 6.14. The molecule has 0 saturated carbocycles. The van der Waals surface area contributed by atoms with Gasteiger partial charge in [0, 0.05) is 28.6 Å². The van der Waals surface area contributed by atoms with Gasteiger partial charge in [-0.2, -0.15) is 0 Å². The zero-order valence-electron chi connectivity index (χ0n) is 21.2. The Labute approximate surface area is 205 Å². The Hall–Kier alpha value is -2.85. The fourth-order valence-electron chi connectivity index (χ4n) is 5.74. The second-order valence-corrected chi connectivity index (χ2v) is 11.3. The number of anilines is 1. The normalized spacial score (nSPS) is 23.1. The summed E-state index contributed by atoms with van der Waals surface area (Å²) in [5, 5.41) is 4.00. The van der Waals surface area contributed by atoms with Gasteiger partial charge in [0.1, 0.15) is 0 Å². The number of fused-ring (bicyclic) bond motifs is 3. The first-order valence-corrected chi connectivity index (χ1v) is 12.6. The largest absolute Gasteiger partial charge is 0.379 e. The number of rotatable bonds is 3. The molecule has 2 aliphatic heterocycles. The van der Waals surface area contributed by atoms with Gasteiger partial charge in [-0.3, -0.25) is 0 Å². The minimum absolute atomic E-state index is 0.154. The molecule has 0 amide bonds. The van der Waals surface area contributed by atoms with E-state index in [0.717, 1.165) is 35.5 Å². The SMILES string of the molecule is BN1CCC(C)(C)C2Nc3c(N=C(c4ccccc4)c4ccccc4)cccc3C2CC1(C)C. The molecule has 0 radical (unpaired) electrons. The molecule has 1 saturated heterocycles. The van der Waals surface area contributed by atoms with Gasteiger partial charge >= 0.3 is 0 Å². The molecule has 1 N–H and O–H groups in total. The highest BCUT2D eigenvalue weighted by Gasteiger charge is 2.46. The monoisotopic (exact) mass is 449 g/mol. The minimum atomic E-state index is 0.154. The van der Waals surface area contributed by atoms with Crippen LogP contribution in [0.1, 0.15) is 63.1 Å². The molecule has 3 aromatic rings. The van der Waals surface area contributed by atoms with Crippen molar-refractivity contribution in [3.8, 4) is 0 Å². The lowest BCUT2D eigenvalue weighted by Crippen LogP contribution is -2.51. The standard InChI is InChI=1S/C30H36BN3/c1-29(2)18-19-34(31)30(3,4)20-24-23-16-11-17-25(27(23)33-28(24)29)32-26(21-12-7-5-8-13-21)22-14-9-6-10-15-22/h5-17,24,28,33H,18-20,31H2,1-4H3. The molecule has 1 fully saturated rings. The summed E-state index contributed by atoms with van der Waals surface area (Å²) in [5.41, 5.74) is 7.31. The van der Waals surface area contributed by atoms with Crippen LogP contribution in [0.3, 0.4) is 0 Å². The van der Waals surface area contributed by atoms with Crippen molar-refractivity contribution >= 4 is 25.1 Å². The quantitative estimate of drug-likeness (QED) is 0.382. The van der Waals surface area contributed by atoms with Crippen molar-refractivity contribution in [2.24, 2.45) is 10.4 Å². The van der Waals surface area contributed by atoms with Crippen LogP contribution in [-0.4, -0.2) is 36.6 Å². The van der Waals surface area contributed by atoms with Crippen molar-refractivity contribution in [1.82, 2.24) is 4.81 Å². The van der Waals surface area contributed by atoms with Crippen LogP contribution >= 0.6 is 0 Å². The molecule has 0 aliphatic carbocycles. The Morgan fingerprint density at radius 2 is 1.50 bits per heavy atom. The molecule has 2 atom stereocenters. The van der Waals surface area contributed by atoms with Gasteiger partial charge in [0.05, 0.1) is 17.1 Å². The van der Waals surface area contributed by atoms with E-state index in [0.29, 0.717) is 12.0 Å². The van der Waals surface area contributed by atoms with E-state index in [-0.39, 0.29) is 11.0 Å². The van der Waals surface area contributed by atoms with Crippen molar-refractivity contribution in [2.75, 3.05) is 11.9 Å². The van der Waals surface area contributed by atoms with Gasteiger partial charge in [-0.15, -0.1) is 0 Å². The molecule has 4 heteroatoms. The predicted molar refractivity (Wildman–Crippen MR) is 147 cm³/mol. The van der Waals surface area contributed by atoms with Crippen LogP contribution in [-0.2, 0) is 0 Å². The molecule has 3 nitrogen and oxygen atoms in total. The fraction of sp³-hybridized carbons (Fsp3) is 0.367. The summed E-state index contributed by atoms with van der Waals surface area (Å²) >= 11 is 0. The first-order valence-electron chi connectivity index (χ1n) is 12.6. The zero-order chi connectivity index (χ0) is 23.9. The van der Waals surface area contributed by atoms with E-state index in [1.54, 1.807) is 0 Å². The van der Waals surface area contributed by atoms with Crippen molar-refractivity contribution in [2.45, 2.75) is 58.0 Å². The van der Waals surface area contributed by atoms with E-state index in [9.17, 15) is 0 Å². The maximum absolute atomic E-state index is 5.32. The summed E-state index contributed by atoms with van der Waals surface area (Å²) < 4.78 is 0. The van der Waals surface area contributed by atoms with Crippen molar-refractivity contribution in [3.63, 3.8) is 0 Å². The van der Waals surface area contributed by atoms with Gasteiger partial charge in [-0.05, 0) is 50.3 Å². The van der Waals surface area contributed by atoms with E-state index in [4.69, 9.17) is 4.99 Å². The molecule has 3 aromatic carbocycles. The molecule has 34 heavy (non-hydrogen) atoms. The smallest absolute Gasteiger partial charge is 0.186 e. The number of benzene rings is 3. The van der Waals surface area contributed by atoms with Crippen LogP contribution < -0.4 is 5.32 Å². The van der Waals surface area contributed by atoms with Gasteiger partial charge in [-0.25, -0.2) is 4.99 Å². The van der Waals surface area contributed by atoms with E-state index in [2.05, 4.69) is 125 Å². The Balaban J connectivity index is 1.63. The maximum Gasteiger partial charge on any atom is 0.186 e. The van der Waals surface area contributed by atoms with Crippen molar-refractivity contribution in [3.05, 3.63) is 95.6 Å². The number of hydrogen-bond acceptors (Lipinski definition) is 3. The van der Waals surface area contributed by atoms with Gasteiger partial charge in [0.2, 0.25) is 0 Å². The highest BCUT2D eigenvalue weighted by Crippen LogP contribution is 2.52. The van der Waals surface area contributed by atoms with Crippen LogP contribution in [0.4, 0.5) is 11.4 Å². The van der Waals surface area contributed by atoms with Gasteiger partial charge in [0.25, 0.3) is 0 Å². The molecule has 0 bridgehead atoms. The summed E-state index contributed by atoms with van der Waals surface area (Å²) in [6, 6.07) is 28.2. The lowest BCUT2D eigenvalue weighted by molar-refractivity contribution is 0.122.